The van der Waals surface area contributed by atoms with Crippen LogP contribution in [0.15, 0.2) is 6.07 Å². The molecule has 4 heteroatoms. The third-order valence-electron chi connectivity index (χ3n) is 6.14. The summed E-state index contributed by atoms with van der Waals surface area (Å²) in [6.45, 7) is 3.86. The van der Waals surface area contributed by atoms with Gasteiger partial charge in [-0.15, -0.1) is 0 Å². The van der Waals surface area contributed by atoms with Crippen LogP contribution < -0.4 is 0 Å². The first kappa shape index (κ1) is 17.8. The van der Waals surface area contributed by atoms with E-state index in [2.05, 4.69) is 6.92 Å². The standard InChI is InChI=1S/C20H26F4/c1-3-5-12-6-8-14(9-7-12)16-11-15-10-13(4-2)18(21)19(22)17(15)20(16,23)24/h10,12,14,16H,3-9,11H2,1-2H3. The van der Waals surface area contributed by atoms with Crippen molar-refractivity contribution < 1.29 is 17.6 Å². The second-order valence-electron chi connectivity index (χ2n) is 7.55. The van der Waals surface area contributed by atoms with Crippen LogP contribution in [0.4, 0.5) is 17.6 Å². The van der Waals surface area contributed by atoms with Crippen molar-refractivity contribution in [3.63, 3.8) is 0 Å². The van der Waals surface area contributed by atoms with Gasteiger partial charge >= 0.3 is 0 Å². The first-order valence-electron chi connectivity index (χ1n) is 9.28. The predicted octanol–water partition coefficient (Wildman–Crippen LogP) is 6.40. The molecule has 0 aromatic heterocycles. The Morgan fingerprint density at radius 1 is 1.04 bits per heavy atom. The average molecular weight is 342 g/mol. The van der Waals surface area contributed by atoms with Gasteiger partial charge in [-0.3, -0.25) is 0 Å². The summed E-state index contributed by atoms with van der Waals surface area (Å²) in [4.78, 5) is 0. The number of hydrogen-bond donors (Lipinski definition) is 0. The Hall–Kier alpha value is -1.06. The molecule has 1 atom stereocenters. The van der Waals surface area contributed by atoms with Gasteiger partial charge in [-0.05, 0) is 48.6 Å². The van der Waals surface area contributed by atoms with Crippen LogP contribution in [0.1, 0.15) is 69.1 Å². The minimum atomic E-state index is -3.26. The monoisotopic (exact) mass is 342 g/mol. The molecule has 1 saturated carbocycles. The molecule has 0 heterocycles. The summed E-state index contributed by atoms with van der Waals surface area (Å²) in [5, 5.41) is 0. The van der Waals surface area contributed by atoms with E-state index < -0.39 is 29.0 Å². The summed E-state index contributed by atoms with van der Waals surface area (Å²) in [5.41, 5.74) is -0.149. The minimum Gasteiger partial charge on any atom is -0.203 e. The maximum Gasteiger partial charge on any atom is 0.279 e. The van der Waals surface area contributed by atoms with E-state index in [1.165, 1.54) is 6.07 Å². The maximum atomic E-state index is 14.9. The molecule has 0 spiro atoms. The van der Waals surface area contributed by atoms with Crippen LogP contribution in [0.3, 0.4) is 0 Å². The van der Waals surface area contributed by atoms with Crippen molar-refractivity contribution in [1.29, 1.82) is 0 Å². The molecule has 0 radical (unpaired) electrons. The molecule has 0 amide bonds. The molecule has 1 aromatic carbocycles. The zero-order valence-electron chi connectivity index (χ0n) is 14.5. The van der Waals surface area contributed by atoms with E-state index in [4.69, 9.17) is 0 Å². The number of aryl methyl sites for hydroxylation is 1. The van der Waals surface area contributed by atoms with E-state index in [0.29, 0.717) is 17.9 Å². The van der Waals surface area contributed by atoms with Crippen molar-refractivity contribution in [2.24, 2.45) is 17.8 Å². The third-order valence-corrected chi connectivity index (χ3v) is 6.14. The Labute approximate surface area is 141 Å². The van der Waals surface area contributed by atoms with Gasteiger partial charge in [-0.25, -0.2) is 17.6 Å². The van der Waals surface area contributed by atoms with Crippen LogP contribution in [-0.2, 0) is 18.8 Å². The highest BCUT2D eigenvalue weighted by Crippen LogP contribution is 2.54. The van der Waals surface area contributed by atoms with Crippen molar-refractivity contribution in [1.82, 2.24) is 0 Å². The van der Waals surface area contributed by atoms with Crippen molar-refractivity contribution >= 4 is 0 Å². The lowest BCUT2D eigenvalue weighted by Gasteiger charge is -2.34. The van der Waals surface area contributed by atoms with Gasteiger partial charge < -0.3 is 0 Å². The summed E-state index contributed by atoms with van der Waals surface area (Å²) in [7, 11) is 0. The smallest absolute Gasteiger partial charge is 0.203 e. The first-order chi connectivity index (χ1) is 11.4. The maximum absolute atomic E-state index is 14.9. The largest absolute Gasteiger partial charge is 0.279 e. The first-order valence-corrected chi connectivity index (χ1v) is 9.28. The van der Waals surface area contributed by atoms with Gasteiger partial charge in [0.1, 0.15) is 0 Å². The Kier molecular flexibility index (Phi) is 4.94. The van der Waals surface area contributed by atoms with Crippen LogP contribution in [0.5, 0.6) is 0 Å². The summed E-state index contributed by atoms with van der Waals surface area (Å²) < 4.78 is 58.1. The van der Waals surface area contributed by atoms with E-state index in [9.17, 15) is 17.6 Å². The molecule has 3 rings (SSSR count). The van der Waals surface area contributed by atoms with E-state index in [-0.39, 0.29) is 17.9 Å². The van der Waals surface area contributed by atoms with Gasteiger partial charge in [0.15, 0.2) is 11.6 Å². The van der Waals surface area contributed by atoms with E-state index in [1.54, 1.807) is 6.92 Å². The molecule has 0 bridgehead atoms. The molecule has 1 unspecified atom stereocenters. The fourth-order valence-corrected chi connectivity index (χ4v) is 4.82. The molecule has 0 nitrogen and oxygen atoms in total. The topological polar surface area (TPSA) is 0 Å². The van der Waals surface area contributed by atoms with Crippen LogP contribution in [0, 0.1) is 29.4 Å². The second kappa shape index (κ2) is 6.68. The average Bonchev–Trinajstić information content (AvgIpc) is 2.83. The van der Waals surface area contributed by atoms with Crippen molar-refractivity contribution in [2.75, 3.05) is 0 Å². The van der Waals surface area contributed by atoms with Gasteiger partial charge in [-0.2, -0.15) is 0 Å². The van der Waals surface area contributed by atoms with Crippen LogP contribution in [-0.4, -0.2) is 0 Å². The van der Waals surface area contributed by atoms with E-state index >= 15 is 0 Å². The number of halogens is 4. The molecule has 0 saturated heterocycles. The van der Waals surface area contributed by atoms with Crippen molar-refractivity contribution in [3.05, 3.63) is 34.4 Å². The van der Waals surface area contributed by atoms with E-state index in [1.807, 2.05) is 0 Å². The molecule has 2 aliphatic rings. The fourth-order valence-electron chi connectivity index (χ4n) is 4.82. The molecule has 0 N–H and O–H groups in total. The Morgan fingerprint density at radius 3 is 2.29 bits per heavy atom. The van der Waals surface area contributed by atoms with E-state index in [0.717, 1.165) is 38.5 Å². The molecular formula is C20H26F4. The highest BCUT2D eigenvalue weighted by Gasteiger charge is 2.54. The molecule has 24 heavy (non-hydrogen) atoms. The number of benzene rings is 1. The highest BCUT2D eigenvalue weighted by molar-refractivity contribution is 5.42. The lowest BCUT2D eigenvalue weighted by Crippen LogP contribution is -2.31. The number of hydrogen-bond acceptors (Lipinski definition) is 0. The summed E-state index contributed by atoms with van der Waals surface area (Å²) in [6, 6.07) is 1.46. The molecule has 2 aliphatic carbocycles. The summed E-state index contributed by atoms with van der Waals surface area (Å²) in [5.74, 6) is -6.00. The second-order valence-corrected chi connectivity index (χ2v) is 7.55. The van der Waals surface area contributed by atoms with Gasteiger partial charge in [0.05, 0.1) is 5.56 Å². The predicted molar refractivity (Wildman–Crippen MR) is 87.2 cm³/mol. The molecule has 0 aliphatic heterocycles. The number of fused-ring (bicyclic) bond motifs is 1. The SMILES string of the molecule is CCCC1CCC(C2Cc3cc(CC)c(F)c(F)c3C2(F)F)CC1. The van der Waals surface area contributed by atoms with Crippen LogP contribution in [0.2, 0.25) is 0 Å². The van der Waals surface area contributed by atoms with Gasteiger partial charge in [0, 0.05) is 5.92 Å². The molecule has 1 aromatic rings. The normalized spacial score (nSPS) is 28.8. The molecule has 1 fully saturated rings. The lowest BCUT2D eigenvalue weighted by atomic mass is 9.73. The Morgan fingerprint density at radius 2 is 1.71 bits per heavy atom. The zero-order chi connectivity index (χ0) is 17.5. The van der Waals surface area contributed by atoms with Gasteiger partial charge in [-0.1, -0.05) is 45.6 Å². The third kappa shape index (κ3) is 2.86. The minimum absolute atomic E-state index is 0.0898. The van der Waals surface area contributed by atoms with Crippen molar-refractivity contribution in [2.45, 2.75) is 71.1 Å². The Bertz CT molecular complexity index is 600. The summed E-state index contributed by atoms with van der Waals surface area (Å²) >= 11 is 0. The quantitative estimate of drug-likeness (QED) is 0.556. The zero-order valence-corrected chi connectivity index (χ0v) is 14.5. The summed E-state index contributed by atoms with van der Waals surface area (Å²) in [6.07, 6.45) is 6.31. The van der Waals surface area contributed by atoms with Gasteiger partial charge in [0.25, 0.3) is 5.92 Å². The molecule has 134 valence electrons. The Balaban J connectivity index is 1.84. The lowest BCUT2D eigenvalue weighted by molar-refractivity contribution is -0.0843. The highest BCUT2D eigenvalue weighted by atomic mass is 19.3. The molecular weight excluding hydrogens is 316 g/mol. The van der Waals surface area contributed by atoms with Crippen LogP contribution >= 0.6 is 0 Å². The van der Waals surface area contributed by atoms with Crippen molar-refractivity contribution in [3.8, 4) is 0 Å². The van der Waals surface area contributed by atoms with Gasteiger partial charge in [0.2, 0.25) is 0 Å². The fraction of sp³-hybridized carbons (Fsp3) is 0.700. The number of rotatable bonds is 4. The van der Waals surface area contributed by atoms with Crippen LogP contribution in [0.25, 0.3) is 0 Å². The number of alkyl halides is 2.